The number of piperidine rings is 1. The number of carbonyl (C=O) groups excluding carboxylic acids is 1. The highest BCUT2D eigenvalue weighted by molar-refractivity contribution is 5.81. The van der Waals surface area contributed by atoms with Gasteiger partial charge in [0.1, 0.15) is 0 Å². The average Bonchev–Trinajstić information content (AvgIpc) is 2.22. The quantitative estimate of drug-likeness (QED) is 0.833. The Morgan fingerprint density at radius 2 is 1.68 bits per heavy atom. The molecule has 2 atom stereocenters. The van der Waals surface area contributed by atoms with E-state index in [1.165, 1.54) is 19.4 Å². The van der Waals surface area contributed by atoms with E-state index in [4.69, 9.17) is 0 Å². The maximum Gasteiger partial charge on any atom is 0.225 e. The number of nitrogens with zero attached hydrogens (tertiary/aromatic N) is 1. The molecule has 2 rings (SSSR count). The highest BCUT2D eigenvalue weighted by Crippen LogP contribution is 2.33. The van der Waals surface area contributed by atoms with Crippen molar-refractivity contribution < 1.29 is 4.79 Å². The second-order valence-corrected chi connectivity index (χ2v) is 7.95. The van der Waals surface area contributed by atoms with Crippen molar-refractivity contribution in [2.24, 2.45) is 17.3 Å². The van der Waals surface area contributed by atoms with Crippen LogP contribution in [0.3, 0.4) is 0 Å². The summed E-state index contributed by atoms with van der Waals surface area (Å²) in [6.07, 6.45) is 3.81. The Kier molecular flexibility index (Phi) is 4.24. The molecule has 1 saturated carbocycles. The van der Waals surface area contributed by atoms with Crippen molar-refractivity contribution in [3.05, 3.63) is 0 Å². The lowest BCUT2D eigenvalue weighted by Gasteiger charge is -2.47. The van der Waals surface area contributed by atoms with E-state index in [1.807, 2.05) is 20.8 Å². The Morgan fingerprint density at radius 3 is 2.21 bits per heavy atom. The zero-order chi connectivity index (χ0) is 14.2. The minimum Gasteiger partial charge on any atom is -0.352 e. The standard InChI is InChI=1S/C16H30N2O/c1-11-7-14(8-11)18-9-12(2)6-13(10-18)17-15(19)16(3,4)5/h11-14H,6-10H2,1-5H3,(H,17,19). The average molecular weight is 266 g/mol. The lowest BCUT2D eigenvalue weighted by Crippen LogP contribution is -2.57. The molecule has 1 N–H and O–H groups in total. The molecule has 1 heterocycles. The molecule has 0 aromatic carbocycles. The first-order valence-corrected chi connectivity index (χ1v) is 7.80. The smallest absolute Gasteiger partial charge is 0.225 e. The van der Waals surface area contributed by atoms with Crippen LogP contribution in [0.25, 0.3) is 0 Å². The molecule has 0 bridgehead atoms. The van der Waals surface area contributed by atoms with E-state index in [2.05, 4.69) is 24.1 Å². The van der Waals surface area contributed by atoms with Crippen molar-refractivity contribution in [1.82, 2.24) is 10.2 Å². The van der Waals surface area contributed by atoms with Crippen LogP contribution in [0.4, 0.5) is 0 Å². The molecule has 0 spiro atoms. The van der Waals surface area contributed by atoms with E-state index in [-0.39, 0.29) is 11.3 Å². The van der Waals surface area contributed by atoms with Crippen LogP contribution in [0.15, 0.2) is 0 Å². The zero-order valence-electron chi connectivity index (χ0n) is 13.2. The second-order valence-electron chi connectivity index (χ2n) is 7.95. The number of amides is 1. The minimum absolute atomic E-state index is 0.188. The maximum atomic E-state index is 12.1. The number of carbonyl (C=O) groups is 1. The van der Waals surface area contributed by atoms with Gasteiger partial charge in [-0.2, -0.15) is 0 Å². The lowest BCUT2D eigenvalue weighted by atomic mass is 9.79. The molecule has 2 fully saturated rings. The molecule has 1 aliphatic heterocycles. The van der Waals surface area contributed by atoms with Gasteiger partial charge in [0, 0.05) is 30.6 Å². The monoisotopic (exact) mass is 266 g/mol. The van der Waals surface area contributed by atoms with Gasteiger partial charge in [-0.15, -0.1) is 0 Å². The molecule has 0 aromatic heterocycles. The Bertz CT molecular complexity index is 328. The molecule has 3 nitrogen and oxygen atoms in total. The number of hydrogen-bond acceptors (Lipinski definition) is 2. The summed E-state index contributed by atoms with van der Waals surface area (Å²) in [6, 6.07) is 1.11. The highest BCUT2D eigenvalue weighted by atomic mass is 16.2. The Balaban J connectivity index is 1.89. The largest absolute Gasteiger partial charge is 0.352 e. The summed E-state index contributed by atoms with van der Waals surface area (Å²) in [5.41, 5.74) is -0.281. The summed E-state index contributed by atoms with van der Waals surface area (Å²) in [4.78, 5) is 14.7. The summed E-state index contributed by atoms with van der Waals surface area (Å²) in [6.45, 7) is 12.9. The molecule has 1 saturated heterocycles. The molecule has 2 aliphatic rings. The predicted octanol–water partition coefficient (Wildman–Crippen LogP) is 2.66. The van der Waals surface area contributed by atoms with E-state index >= 15 is 0 Å². The third-order valence-electron chi connectivity index (χ3n) is 4.57. The Labute approximate surface area is 118 Å². The van der Waals surface area contributed by atoms with Gasteiger partial charge in [-0.25, -0.2) is 0 Å². The van der Waals surface area contributed by atoms with Crippen LogP contribution in [0, 0.1) is 17.3 Å². The van der Waals surface area contributed by atoms with E-state index in [1.54, 1.807) is 0 Å². The van der Waals surface area contributed by atoms with Crippen LogP contribution in [-0.4, -0.2) is 36.0 Å². The van der Waals surface area contributed by atoms with Gasteiger partial charge in [0.25, 0.3) is 0 Å². The van der Waals surface area contributed by atoms with Crippen LogP contribution >= 0.6 is 0 Å². The third kappa shape index (κ3) is 3.71. The van der Waals surface area contributed by atoms with Crippen molar-refractivity contribution in [2.75, 3.05) is 13.1 Å². The first-order chi connectivity index (χ1) is 8.75. The normalized spacial score (nSPS) is 36.7. The van der Waals surface area contributed by atoms with Crippen LogP contribution in [-0.2, 0) is 4.79 Å². The van der Waals surface area contributed by atoms with Gasteiger partial charge in [-0.1, -0.05) is 34.6 Å². The van der Waals surface area contributed by atoms with Crippen molar-refractivity contribution in [2.45, 2.75) is 66.0 Å². The van der Waals surface area contributed by atoms with Crippen LogP contribution in [0.2, 0.25) is 0 Å². The summed E-state index contributed by atoms with van der Waals surface area (Å²) in [7, 11) is 0. The molecule has 1 aliphatic carbocycles. The minimum atomic E-state index is -0.281. The fourth-order valence-corrected chi connectivity index (χ4v) is 3.36. The zero-order valence-corrected chi connectivity index (χ0v) is 13.2. The van der Waals surface area contributed by atoms with Gasteiger partial charge < -0.3 is 5.32 Å². The van der Waals surface area contributed by atoms with Crippen LogP contribution in [0.1, 0.15) is 53.9 Å². The summed E-state index contributed by atoms with van der Waals surface area (Å²) in [5.74, 6) is 1.77. The third-order valence-corrected chi connectivity index (χ3v) is 4.57. The van der Waals surface area contributed by atoms with Gasteiger partial charge >= 0.3 is 0 Å². The molecule has 0 radical (unpaired) electrons. The number of nitrogens with one attached hydrogen (secondary N) is 1. The molecule has 19 heavy (non-hydrogen) atoms. The molecular weight excluding hydrogens is 236 g/mol. The molecule has 110 valence electrons. The van der Waals surface area contributed by atoms with Crippen molar-refractivity contribution in [3.63, 3.8) is 0 Å². The molecule has 0 aromatic rings. The molecule has 1 amide bonds. The van der Waals surface area contributed by atoms with E-state index in [0.29, 0.717) is 12.0 Å². The van der Waals surface area contributed by atoms with Gasteiger partial charge in [-0.3, -0.25) is 9.69 Å². The van der Waals surface area contributed by atoms with E-state index in [0.717, 1.165) is 24.9 Å². The molecule has 2 unspecified atom stereocenters. The van der Waals surface area contributed by atoms with Gasteiger partial charge in [0.15, 0.2) is 0 Å². The first kappa shape index (κ1) is 14.8. The van der Waals surface area contributed by atoms with Crippen LogP contribution < -0.4 is 5.32 Å². The topological polar surface area (TPSA) is 32.3 Å². The van der Waals surface area contributed by atoms with Gasteiger partial charge in [0.05, 0.1) is 0 Å². The summed E-state index contributed by atoms with van der Waals surface area (Å²) >= 11 is 0. The van der Waals surface area contributed by atoms with Crippen molar-refractivity contribution in [3.8, 4) is 0 Å². The van der Waals surface area contributed by atoms with Crippen molar-refractivity contribution >= 4 is 5.91 Å². The van der Waals surface area contributed by atoms with Gasteiger partial charge in [0.2, 0.25) is 5.91 Å². The Morgan fingerprint density at radius 1 is 1.05 bits per heavy atom. The fourth-order valence-electron chi connectivity index (χ4n) is 3.36. The maximum absolute atomic E-state index is 12.1. The number of likely N-dealkylation sites (tertiary alicyclic amines) is 1. The predicted molar refractivity (Wildman–Crippen MR) is 78.9 cm³/mol. The van der Waals surface area contributed by atoms with E-state index < -0.39 is 0 Å². The van der Waals surface area contributed by atoms with E-state index in [9.17, 15) is 4.79 Å². The summed E-state index contributed by atoms with van der Waals surface area (Å²) in [5, 5.41) is 3.25. The highest BCUT2D eigenvalue weighted by Gasteiger charge is 2.36. The SMILES string of the molecule is CC1CC(N2CC(C)CC(NC(=O)C(C)(C)C)C2)C1. The number of hydrogen-bond donors (Lipinski definition) is 1. The Hall–Kier alpha value is -0.570. The lowest BCUT2D eigenvalue weighted by molar-refractivity contribution is -0.130. The second kappa shape index (κ2) is 5.43. The van der Waals surface area contributed by atoms with Crippen LogP contribution in [0.5, 0.6) is 0 Å². The van der Waals surface area contributed by atoms with Crippen molar-refractivity contribution in [1.29, 1.82) is 0 Å². The molecule has 3 heteroatoms. The molecular formula is C16H30N2O. The van der Waals surface area contributed by atoms with Gasteiger partial charge in [-0.05, 0) is 31.1 Å². The summed E-state index contributed by atoms with van der Waals surface area (Å²) < 4.78 is 0. The number of rotatable bonds is 2. The first-order valence-electron chi connectivity index (χ1n) is 7.80. The fraction of sp³-hybridized carbons (Fsp3) is 0.938.